The van der Waals surface area contributed by atoms with Gasteiger partial charge >= 0.3 is 11.9 Å². The van der Waals surface area contributed by atoms with Gasteiger partial charge in [0.25, 0.3) is 0 Å². The Balaban J connectivity index is 1.42. The molecule has 0 spiro atoms. The van der Waals surface area contributed by atoms with Crippen LogP contribution in [0, 0.1) is 0 Å². The van der Waals surface area contributed by atoms with Gasteiger partial charge in [0, 0.05) is 7.11 Å². The van der Waals surface area contributed by atoms with E-state index < -0.39 is 73.4 Å². The normalized spacial score (nSPS) is 26.8. The molecule has 0 amide bonds. The number of hydrogen-bond acceptors (Lipinski definition) is 13. The molecule has 2 aliphatic heterocycles. The standard InChI is InChI=1S/C46H52O13/c1-5-26-52-45-41(55-29-33-22-14-8-15-23-33)37(54-28-32-20-12-7-13-21-32)38(40(58-45)44(48)51-4)57-46-42(56-30-34-24-16-9-17-25-34)36(53-27-31-18-10-6-11-19-31)35(49-2)39(59-46)43(47)50-3/h5-25,35-42,45-46H,1,26-30H2,2-4H3/t35-,36+,37+,38-,39+,40+,41-,42-,45-,46-/m1/s1. The molecular formula is C46H52O13. The van der Waals surface area contributed by atoms with Crippen molar-refractivity contribution in [3.63, 3.8) is 0 Å². The van der Waals surface area contributed by atoms with Gasteiger partial charge in [-0.05, 0) is 22.3 Å². The second kappa shape index (κ2) is 22.5. The van der Waals surface area contributed by atoms with Gasteiger partial charge in [0.15, 0.2) is 24.8 Å². The fraction of sp³-hybridized carbons (Fsp3) is 0.391. The van der Waals surface area contributed by atoms with Crippen LogP contribution in [0.15, 0.2) is 134 Å². The topological polar surface area (TPSA) is 136 Å². The maximum Gasteiger partial charge on any atom is 0.337 e. The Hall–Kier alpha value is -4.80. The molecule has 4 aromatic rings. The Morgan fingerprint density at radius 1 is 0.492 bits per heavy atom. The van der Waals surface area contributed by atoms with E-state index in [1.807, 2.05) is 121 Å². The van der Waals surface area contributed by atoms with Crippen molar-refractivity contribution in [3.8, 4) is 0 Å². The number of hydrogen-bond donors (Lipinski definition) is 0. The SMILES string of the molecule is C=CCO[C@@H]1O[C@H](C(=O)OC)[C@H](O[C@@H]2O[C@H](C(=O)OC)[C@H](OC)[C@H](OCc3ccccc3)[C@H]2OCc2ccccc2)[C@H](OCc2ccccc2)[C@H]1OCc1ccccc1. The number of methoxy groups -OCH3 is 3. The number of ether oxygens (including phenoxy) is 11. The third-order valence-corrected chi connectivity index (χ3v) is 9.94. The number of carbonyl (C=O) groups is 2. The van der Waals surface area contributed by atoms with E-state index in [0.717, 1.165) is 22.3 Å². The van der Waals surface area contributed by atoms with E-state index in [9.17, 15) is 9.59 Å². The molecule has 6 rings (SSSR count). The molecule has 59 heavy (non-hydrogen) atoms. The largest absolute Gasteiger partial charge is 0.467 e. The van der Waals surface area contributed by atoms with Crippen molar-refractivity contribution in [2.75, 3.05) is 27.9 Å². The Morgan fingerprint density at radius 2 is 0.847 bits per heavy atom. The molecule has 0 aliphatic carbocycles. The maximum absolute atomic E-state index is 13.8. The second-order valence-corrected chi connectivity index (χ2v) is 13.9. The summed E-state index contributed by atoms with van der Waals surface area (Å²) < 4.78 is 68.8. The Labute approximate surface area is 345 Å². The van der Waals surface area contributed by atoms with Crippen LogP contribution in [0.25, 0.3) is 0 Å². The third kappa shape index (κ3) is 11.7. The maximum atomic E-state index is 13.8. The van der Waals surface area contributed by atoms with Gasteiger partial charge in [-0.1, -0.05) is 127 Å². The summed E-state index contributed by atoms with van der Waals surface area (Å²) in [6, 6.07) is 38.2. The van der Waals surface area contributed by atoms with E-state index in [2.05, 4.69) is 6.58 Å². The molecule has 0 saturated carbocycles. The van der Waals surface area contributed by atoms with E-state index in [1.165, 1.54) is 21.3 Å². The molecule has 0 radical (unpaired) electrons. The zero-order valence-electron chi connectivity index (χ0n) is 33.4. The molecule has 2 heterocycles. The third-order valence-electron chi connectivity index (χ3n) is 9.94. The van der Waals surface area contributed by atoms with Crippen molar-refractivity contribution in [3.05, 3.63) is 156 Å². The van der Waals surface area contributed by atoms with Crippen molar-refractivity contribution in [1.82, 2.24) is 0 Å². The van der Waals surface area contributed by atoms with Crippen molar-refractivity contribution in [1.29, 1.82) is 0 Å². The van der Waals surface area contributed by atoms with Gasteiger partial charge in [-0.25, -0.2) is 9.59 Å². The lowest BCUT2D eigenvalue weighted by Crippen LogP contribution is -2.67. The van der Waals surface area contributed by atoms with Gasteiger partial charge in [-0.15, -0.1) is 6.58 Å². The fourth-order valence-electron chi connectivity index (χ4n) is 7.00. The molecular weight excluding hydrogens is 760 g/mol. The molecule has 2 saturated heterocycles. The molecule has 0 N–H and O–H groups in total. The minimum atomic E-state index is -1.44. The highest BCUT2D eigenvalue weighted by Gasteiger charge is 2.57. The average molecular weight is 813 g/mol. The van der Waals surface area contributed by atoms with E-state index in [4.69, 9.17) is 52.1 Å². The lowest BCUT2D eigenvalue weighted by molar-refractivity contribution is -0.366. The summed E-state index contributed by atoms with van der Waals surface area (Å²) >= 11 is 0. The first-order valence-corrected chi connectivity index (χ1v) is 19.4. The van der Waals surface area contributed by atoms with Gasteiger partial charge in [-0.3, -0.25) is 0 Å². The van der Waals surface area contributed by atoms with Crippen LogP contribution in [-0.2, 0) is 88.1 Å². The minimum absolute atomic E-state index is 0.0709. The molecule has 2 aliphatic rings. The fourth-order valence-corrected chi connectivity index (χ4v) is 7.00. The Bertz CT molecular complexity index is 1850. The van der Waals surface area contributed by atoms with Crippen LogP contribution < -0.4 is 0 Å². The first-order valence-electron chi connectivity index (χ1n) is 19.4. The highest BCUT2D eigenvalue weighted by molar-refractivity contribution is 5.76. The van der Waals surface area contributed by atoms with Crippen molar-refractivity contribution in [2.45, 2.75) is 87.8 Å². The average Bonchev–Trinajstić information content (AvgIpc) is 3.29. The van der Waals surface area contributed by atoms with E-state index >= 15 is 0 Å². The predicted octanol–water partition coefficient (Wildman–Crippen LogP) is 5.73. The molecule has 0 bridgehead atoms. The first kappa shape index (κ1) is 43.8. The van der Waals surface area contributed by atoms with Crippen LogP contribution >= 0.6 is 0 Å². The summed E-state index contributed by atoms with van der Waals surface area (Å²) in [5, 5.41) is 0. The Kier molecular flexibility index (Phi) is 16.7. The summed E-state index contributed by atoms with van der Waals surface area (Å²) in [4.78, 5) is 27.3. The molecule has 13 nitrogen and oxygen atoms in total. The smallest absolute Gasteiger partial charge is 0.337 e. The van der Waals surface area contributed by atoms with Crippen molar-refractivity contribution < 1.29 is 61.7 Å². The van der Waals surface area contributed by atoms with Crippen LogP contribution in [0.3, 0.4) is 0 Å². The minimum Gasteiger partial charge on any atom is -0.467 e. The van der Waals surface area contributed by atoms with Crippen LogP contribution in [0.2, 0.25) is 0 Å². The van der Waals surface area contributed by atoms with Gasteiger partial charge in [0.2, 0.25) is 0 Å². The number of benzene rings is 4. The zero-order chi connectivity index (χ0) is 41.4. The van der Waals surface area contributed by atoms with Gasteiger partial charge < -0.3 is 52.1 Å². The summed E-state index contributed by atoms with van der Waals surface area (Å²) in [5.74, 6) is -1.51. The molecule has 0 aromatic heterocycles. The summed E-state index contributed by atoms with van der Waals surface area (Å²) in [6.45, 7) is 4.34. The summed E-state index contributed by atoms with van der Waals surface area (Å²) in [7, 11) is 3.94. The predicted molar refractivity (Wildman–Crippen MR) is 213 cm³/mol. The van der Waals surface area contributed by atoms with Crippen LogP contribution in [0.1, 0.15) is 22.3 Å². The van der Waals surface area contributed by atoms with Crippen LogP contribution in [0.5, 0.6) is 0 Å². The van der Waals surface area contributed by atoms with E-state index in [1.54, 1.807) is 6.08 Å². The second-order valence-electron chi connectivity index (χ2n) is 13.9. The molecule has 10 atom stereocenters. The van der Waals surface area contributed by atoms with Gasteiger partial charge in [0.05, 0.1) is 47.3 Å². The molecule has 0 unspecified atom stereocenters. The van der Waals surface area contributed by atoms with Gasteiger partial charge in [0.1, 0.15) is 36.6 Å². The quantitative estimate of drug-likeness (QED) is 0.0796. The van der Waals surface area contributed by atoms with Crippen LogP contribution in [-0.4, -0.2) is 101 Å². The molecule has 4 aromatic carbocycles. The zero-order valence-corrected chi connectivity index (χ0v) is 33.4. The molecule has 2 fully saturated rings. The van der Waals surface area contributed by atoms with E-state index in [0.29, 0.717) is 0 Å². The summed E-state index contributed by atoms with van der Waals surface area (Å²) in [5.41, 5.74) is 3.44. The number of rotatable bonds is 20. The number of carbonyl (C=O) groups excluding carboxylic acids is 2. The molecule has 13 heteroatoms. The first-order chi connectivity index (χ1) is 28.9. The highest BCUT2D eigenvalue weighted by Crippen LogP contribution is 2.36. The highest BCUT2D eigenvalue weighted by atomic mass is 16.8. The van der Waals surface area contributed by atoms with Gasteiger partial charge in [-0.2, -0.15) is 0 Å². The lowest BCUT2D eigenvalue weighted by atomic mass is 9.95. The monoisotopic (exact) mass is 812 g/mol. The lowest BCUT2D eigenvalue weighted by Gasteiger charge is -2.49. The number of esters is 2. The summed E-state index contributed by atoms with van der Waals surface area (Å²) in [6.07, 6.45) is -10.1. The van der Waals surface area contributed by atoms with Crippen molar-refractivity contribution in [2.24, 2.45) is 0 Å². The van der Waals surface area contributed by atoms with Crippen LogP contribution in [0.4, 0.5) is 0 Å². The Morgan fingerprint density at radius 3 is 1.24 bits per heavy atom. The van der Waals surface area contributed by atoms with Crippen molar-refractivity contribution >= 4 is 11.9 Å². The molecule has 314 valence electrons. The van der Waals surface area contributed by atoms with E-state index in [-0.39, 0.29) is 33.0 Å².